The van der Waals surface area contributed by atoms with Crippen LogP contribution in [0, 0.1) is 0 Å². The summed E-state index contributed by atoms with van der Waals surface area (Å²) in [6.45, 7) is 4.60. The second-order valence-electron chi connectivity index (χ2n) is 5.70. The van der Waals surface area contributed by atoms with E-state index in [1.54, 1.807) is 12.1 Å². The van der Waals surface area contributed by atoms with Crippen molar-refractivity contribution in [3.05, 3.63) is 24.2 Å². The van der Waals surface area contributed by atoms with E-state index in [4.69, 9.17) is 9.15 Å². The van der Waals surface area contributed by atoms with E-state index in [-0.39, 0.29) is 12.4 Å². The highest BCUT2D eigenvalue weighted by molar-refractivity contribution is 5.95. The van der Waals surface area contributed by atoms with Crippen molar-refractivity contribution in [3.63, 3.8) is 0 Å². The van der Waals surface area contributed by atoms with Crippen LogP contribution in [0.2, 0.25) is 0 Å². The third-order valence-electron chi connectivity index (χ3n) is 4.58. The molecule has 1 unspecified atom stereocenters. The molecule has 7 nitrogen and oxygen atoms in total. The number of carboxylic acids is 1. The molecule has 2 saturated heterocycles. The summed E-state index contributed by atoms with van der Waals surface area (Å²) in [4.78, 5) is 27.9. The Hall–Kier alpha value is -1.86. The molecular weight excluding hydrogens is 288 g/mol. The Morgan fingerprint density at radius 3 is 2.68 bits per heavy atom. The van der Waals surface area contributed by atoms with Crippen molar-refractivity contribution in [1.82, 2.24) is 9.80 Å². The number of likely N-dealkylation sites (tertiary alicyclic amines) is 1. The molecule has 1 amide bonds. The highest BCUT2D eigenvalue weighted by Crippen LogP contribution is 2.38. The molecule has 2 fully saturated rings. The Kier molecular flexibility index (Phi) is 3.92. The number of hydrogen-bond acceptors (Lipinski definition) is 5. The first kappa shape index (κ1) is 15.1. The molecule has 3 heterocycles. The molecule has 0 aromatic carbocycles. The molecule has 22 heavy (non-hydrogen) atoms. The lowest BCUT2D eigenvalue weighted by Gasteiger charge is -2.43. The summed E-state index contributed by atoms with van der Waals surface area (Å²) >= 11 is 0. The topological polar surface area (TPSA) is 83.2 Å². The molecule has 1 N–H and O–H groups in total. The second kappa shape index (κ2) is 5.73. The molecule has 0 bridgehead atoms. The molecule has 1 spiro atoms. The minimum absolute atomic E-state index is 0.0217. The number of nitrogens with zero attached hydrogens (tertiary/aromatic N) is 2. The quantitative estimate of drug-likeness (QED) is 0.897. The fourth-order valence-corrected chi connectivity index (χ4v) is 3.29. The van der Waals surface area contributed by atoms with Crippen LogP contribution in [0.4, 0.5) is 0 Å². The Balaban J connectivity index is 1.89. The maximum absolute atomic E-state index is 12.7. The van der Waals surface area contributed by atoms with Crippen LogP contribution in [0.15, 0.2) is 22.8 Å². The lowest BCUT2D eigenvalue weighted by Crippen LogP contribution is -2.58. The van der Waals surface area contributed by atoms with E-state index in [0.29, 0.717) is 12.8 Å². The van der Waals surface area contributed by atoms with Crippen LogP contribution >= 0.6 is 0 Å². The van der Waals surface area contributed by atoms with Crippen molar-refractivity contribution in [2.45, 2.75) is 31.5 Å². The smallest absolute Gasteiger partial charge is 0.328 e. The summed E-state index contributed by atoms with van der Waals surface area (Å²) < 4.78 is 11.0. The summed E-state index contributed by atoms with van der Waals surface area (Å²) in [6.07, 6.45) is 2.63. The van der Waals surface area contributed by atoms with Crippen LogP contribution in [0.25, 0.3) is 0 Å². The Labute approximate surface area is 128 Å². The fraction of sp³-hybridized carbons (Fsp3) is 0.600. The zero-order chi connectivity index (χ0) is 15.7. The molecule has 7 heteroatoms. The van der Waals surface area contributed by atoms with Crippen molar-refractivity contribution in [3.8, 4) is 0 Å². The van der Waals surface area contributed by atoms with Crippen molar-refractivity contribution in [2.75, 3.05) is 26.2 Å². The van der Waals surface area contributed by atoms with Gasteiger partial charge in [0.2, 0.25) is 0 Å². The highest BCUT2D eigenvalue weighted by atomic mass is 16.5. The largest absolute Gasteiger partial charge is 0.480 e. The number of carbonyl (C=O) groups excluding carboxylic acids is 1. The molecule has 3 rings (SSSR count). The van der Waals surface area contributed by atoms with Gasteiger partial charge in [-0.05, 0) is 18.7 Å². The third-order valence-corrected chi connectivity index (χ3v) is 4.58. The number of carboxylic acid groups (broad SMARTS) is 1. The first-order chi connectivity index (χ1) is 10.6. The number of aliphatic carboxylic acids is 1. The van der Waals surface area contributed by atoms with Crippen molar-refractivity contribution < 1.29 is 23.8 Å². The number of rotatable bonds is 3. The van der Waals surface area contributed by atoms with Crippen LogP contribution in [0.1, 0.15) is 30.3 Å². The summed E-state index contributed by atoms with van der Waals surface area (Å²) in [7, 11) is 0. The van der Waals surface area contributed by atoms with Crippen LogP contribution in [-0.2, 0) is 9.53 Å². The molecular formula is C15H20N2O5. The zero-order valence-corrected chi connectivity index (χ0v) is 12.5. The molecule has 0 saturated carbocycles. The summed E-state index contributed by atoms with van der Waals surface area (Å²) in [5.74, 6) is -1.32. The van der Waals surface area contributed by atoms with E-state index >= 15 is 0 Å². The number of carbonyl (C=O) groups is 2. The van der Waals surface area contributed by atoms with Gasteiger partial charge in [0, 0.05) is 25.9 Å². The second-order valence-corrected chi connectivity index (χ2v) is 5.70. The molecule has 120 valence electrons. The molecule has 1 aromatic heterocycles. The number of piperidine rings is 1. The predicted octanol–water partition coefficient (Wildman–Crippen LogP) is 1.02. The van der Waals surface area contributed by atoms with E-state index in [9.17, 15) is 14.7 Å². The fourth-order valence-electron chi connectivity index (χ4n) is 3.29. The molecule has 0 aliphatic carbocycles. The van der Waals surface area contributed by atoms with Crippen molar-refractivity contribution in [2.24, 2.45) is 0 Å². The summed E-state index contributed by atoms with van der Waals surface area (Å²) in [6, 6.07) is 2.20. The van der Waals surface area contributed by atoms with Gasteiger partial charge < -0.3 is 19.2 Å². The van der Waals surface area contributed by atoms with Gasteiger partial charge in [-0.1, -0.05) is 6.92 Å². The van der Waals surface area contributed by atoms with Crippen LogP contribution in [-0.4, -0.2) is 64.8 Å². The third kappa shape index (κ3) is 2.40. The van der Waals surface area contributed by atoms with Crippen molar-refractivity contribution in [1.29, 1.82) is 0 Å². The van der Waals surface area contributed by atoms with Gasteiger partial charge in [0.15, 0.2) is 11.8 Å². The summed E-state index contributed by atoms with van der Waals surface area (Å²) in [5, 5.41) is 9.43. The monoisotopic (exact) mass is 308 g/mol. The Bertz CT molecular complexity index is 548. The normalized spacial score (nSPS) is 24.8. The average molecular weight is 308 g/mol. The standard InChI is InChI=1S/C15H20N2O5/c1-2-16-7-5-15(6-8-16)17(11(10-22-15)14(19)20)13(18)12-4-3-9-21-12/h3-4,9,11H,2,5-8,10H2,1H3,(H,19,20). The number of furan rings is 1. The van der Waals surface area contributed by atoms with Gasteiger partial charge in [0.1, 0.15) is 5.72 Å². The number of amides is 1. The Morgan fingerprint density at radius 2 is 2.14 bits per heavy atom. The van der Waals surface area contributed by atoms with E-state index in [1.165, 1.54) is 11.2 Å². The average Bonchev–Trinajstić information content (AvgIpc) is 3.16. The molecule has 0 radical (unpaired) electrons. The van der Waals surface area contributed by atoms with Gasteiger partial charge in [-0.2, -0.15) is 0 Å². The predicted molar refractivity (Wildman–Crippen MR) is 76.3 cm³/mol. The summed E-state index contributed by atoms with van der Waals surface area (Å²) in [5.41, 5.74) is -0.835. The number of hydrogen-bond donors (Lipinski definition) is 1. The van der Waals surface area contributed by atoms with Crippen LogP contribution < -0.4 is 0 Å². The van der Waals surface area contributed by atoms with Crippen LogP contribution in [0.3, 0.4) is 0 Å². The maximum atomic E-state index is 12.7. The SMILES string of the molecule is CCN1CCC2(CC1)OCC(C(=O)O)N2C(=O)c1ccco1. The van der Waals surface area contributed by atoms with Gasteiger partial charge >= 0.3 is 5.97 Å². The van der Waals surface area contributed by atoms with Gasteiger partial charge in [-0.15, -0.1) is 0 Å². The molecule has 1 aromatic rings. The number of ether oxygens (including phenoxy) is 1. The van der Waals surface area contributed by atoms with E-state index < -0.39 is 23.6 Å². The van der Waals surface area contributed by atoms with Crippen molar-refractivity contribution >= 4 is 11.9 Å². The zero-order valence-electron chi connectivity index (χ0n) is 12.5. The van der Waals surface area contributed by atoms with E-state index in [0.717, 1.165) is 19.6 Å². The lowest BCUT2D eigenvalue weighted by atomic mass is 9.97. The minimum atomic E-state index is -1.05. The van der Waals surface area contributed by atoms with Crippen LogP contribution in [0.5, 0.6) is 0 Å². The maximum Gasteiger partial charge on any atom is 0.328 e. The molecule has 2 aliphatic heterocycles. The minimum Gasteiger partial charge on any atom is -0.480 e. The van der Waals surface area contributed by atoms with Gasteiger partial charge in [0.05, 0.1) is 12.9 Å². The van der Waals surface area contributed by atoms with E-state index in [1.807, 2.05) is 0 Å². The molecule has 2 aliphatic rings. The van der Waals surface area contributed by atoms with Gasteiger partial charge in [-0.3, -0.25) is 9.69 Å². The van der Waals surface area contributed by atoms with Gasteiger partial charge in [-0.25, -0.2) is 4.79 Å². The van der Waals surface area contributed by atoms with E-state index in [2.05, 4.69) is 11.8 Å². The van der Waals surface area contributed by atoms with Gasteiger partial charge in [0.25, 0.3) is 5.91 Å². The highest BCUT2D eigenvalue weighted by Gasteiger charge is 2.54. The first-order valence-electron chi connectivity index (χ1n) is 7.54. The Morgan fingerprint density at radius 1 is 1.41 bits per heavy atom. The lowest BCUT2D eigenvalue weighted by molar-refractivity contribution is -0.144. The first-order valence-corrected chi connectivity index (χ1v) is 7.54. The molecule has 1 atom stereocenters.